The molecule has 1 saturated heterocycles. The van der Waals surface area contributed by atoms with Crippen LogP contribution in [-0.4, -0.2) is 44.6 Å². The predicted molar refractivity (Wildman–Crippen MR) is 154 cm³/mol. The van der Waals surface area contributed by atoms with E-state index in [9.17, 15) is 8.42 Å². The lowest BCUT2D eigenvalue weighted by molar-refractivity contribution is 0.0230. The summed E-state index contributed by atoms with van der Waals surface area (Å²) in [4.78, 5) is 4.59. The zero-order valence-corrected chi connectivity index (χ0v) is 25.2. The molecule has 216 valence electrons. The van der Waals surface area contributed by atoms with Crippen molar-refractivity contribution in [2.75, 3.05) is 13.4 Å². The highest BCUT2D eigenvalue weighted by Crippen LogP contribution is 2.39. The van der Waals surface area contributed by atoms with E-state index in [4.69, 9.17) is 18.9 Å². The van der Waals surface area contributed by atoms with E-state index in [0.717, 1.165) is 27.6 Å². The average Bonchev–Trinajstić information content (AvgIpc) is 3.62. The first-order valence-corrected chi connectivity index (χ1v) is 15.8. The molecule has 9 nitrogen and oxygen atoms in total. The number of hydrogen-bond donors (Lipinski definition) is 2. The molecule has 0 amide bonds. The third kappa shape index (κ3) is 6.95. The van der Waals surface area contributed by atoms with Gasteiger partial charge in [0.1, 0.15) is 18.1 Å². The van der Waals surface area contributed by atoms with Crippen LogP contribution in [0.2, 0.25) is 0 Å². The van der Waals surface area contributed by atoms with Gasteiger partial charge in [0.05, 0.1) is 22.2 Å². The maximum atomic E-state index is 13.8. The van der Waals surface area contributed by atoms with Crippen LogP contribution >= 0.6 is 11.3 Å². The number of aromatic nitrogens is 1. The van der Waals surface area contributed by atoms with Crippen LogP contribution in [-0.2, 0) is 34.2 Å². The molecule has 0 aliphatic carbocycles. The van der Waals surface area contributed by atoms with Gasteiger partial charge in [0.25, 0.3) is 0 Å². The molecular formula is C29H37N3O6S2. The van der Waals surface area contributed by atoms with Crippen LogP contribution in [0.3, 0.4) is 0 Å². The topological polar surface area (TPSA) is 108 Å². The second-order valence-corrected chi connectivity index (χ2v) is 14.0. The van der Waals surface area contributed by atoms with Gasteiger partial charge in [0, 0.05) is 23.5 Å². The normalized spacial score (nSPS) is 18.8. The van der Waals surface area contributed by atoms with Gasteiger partial charge in [0.2, 0.25) is 16.8 Å². The summed E-state index contributed by atoms with van der Waals surface area (Å²) in [7, 11) is -3.89. The lowest BCUT2D eigenvalue weighted by Crippen LogP contribution is -2.52. The Balaban J connectivity index is 1.35. The first-order valence-electron chi connectivity index (χ1n) is 13.5. The smallest absolute Gasteiger partial charge is 0.241 e. The molecule has 3 heterocycles. The third-order valence-corrected chi connectivity index (χ3v) is 9.13. The Morgan fingerprint density at radius 2 is 1.95 bits per heavy atom. The minimum Gasteiger partial charge on any atom is -0.487 e. The van der Waals surface area contributed by atoms with Crippen molar-refractivity contribution in [2.45, 2.75) is 76.8 Å². The van der Waals surface area contributed by atoms with E-state index in [1.807, 2.05) is 50.4 Å². The molecule has 11 heteroatoms. The van der Waals surface area contributed by atoms with Crippen molar-refractivity contribution < 1.29 is 27.4 Å². The maximum Gasteiger partial charge on any atom is 0.241 e. The first kappa shape index (κ1) is 28.8. The van der Waals surface area contributed by atoms with E-state index in [0.29, 0.717) is 43.5 Å². The number of nitrogens with one attached hydrogen (secondary N) is 2. The molecule has 1 fully saturated rings. The number of benzene rings is 2. The first-order chi connectivity index (χ1) is 19.0. The molecule has 40 heavy (non-hydrogen) atoms. The molecule has 0 radical (unpaired) electrons. The minimum absolute atomic E-state index is 0.0848. The quantitative estimate of drug-likeness (QED) is 0.336. The number of fused-ring (bicyclic) bond motifs is 1. The van der Waals surface area contributed by atoms with E-state index in [2.05, 4.69) is 28.9 Å². The summed E-state index contributed by atoms with van der Waals surface area (Å²) in [6.45, 7) is 10.9. The molecule has 1 aromatic heterocycles. The van der Waals surface area contributed by atoms with Crippen molar-refractivity contribution in [1.82, 2.24) is 15.0 Å². The number of sulfonamides is 1. The fourth-order valence-corrected chi connectivity index (χ4v) is 6.93. The number of rotatable bonds is 11. The van der Waals surface area contributed by atoms with Gasteiger partial charge in [-0.05, 0) is 68.9 Å². The fraction of sp³-hybridized carbons (Fsp3) is 0.483. The molecule has 1 unspecified atom stereocenters. The lowest BCUT2D eigenvalue weighted by Gasteiger charge is -2.26. The fourth-order valence-electron chi connectivity index (χ4n) is 4.99. The molecule has 3 aromatic rings. The van der Waals surface area contributed by atoms with Crippen LogP contribution in [0.25, 0.3) is 0 Å². The molecule has 0 bridgehead atoms. The molecule has 0 saturated carbocycles. The van der Waals surface area contributed by atoms with E-state index >= 15 is 0 Å². The van der Waals surface area contributed by atoms with Gasteiger partial charge in [-0.1, -0.05) is 26.0 Å². The SMILES string of the molecule is Cc1nc(COc2ccc(CC(NS(=O)(=O)c3cc(CC(C)C)c4c(c3)OCO4)[C@H]3COC(C)(C)N3)cc2)cs1. The molecule has 2 aliphatic heterocycles. The summed E-state index contributed by atoms with van der Waals surface area (Å²) in [5, 5.41) is 6.43. The highest BCUT2D eigenvalue weighted by Gasteiger charge is 2.38. The summed E-state index contributed by atoms with van der Waals surface area (Å²) in [6.07, 6.45) is 1.15. The van der Waals surface area contributed by atoms with E-state index in [-0.39, 0.29) is 17.7 Å². The summed E-state index contributed by atoms with van der Waals surface area (Å²) in [6, 6.07) is 10.3. The Kier molecular flexibility index (Phi) is 8.40. The van der Waals surface area contributed by atoms with Crippen LogP contribution in [0.4, 0.5) is 0 Å². The highest BCUT2D eigenvalue weighted by molar-refractivity contribution is 7.89. The predicted octanol–water partition coefficient (Wildman–Crippen LogP) is 4.57. The Morgan fingerprint density at radius 3 is 2.60 bits per heavy atom. The van der Waals surface area contributed by atoms with E-state index < -0.39 is 21.8 Å². The van der Waals surface area contributed by atoms with Crippen molar-refractivity contribution in [3.05, 3.63) is 63.6 Å². The summed E-state index contributed by atoms with van der Waals surface area (Å²) in [5.74, 6) is 2.14. The monoisotopic (exact) mass is 587 g/mol. The third-order valence-electron chi connectivity index (χ3n) is 6.84. The van der Waals surface area contributed by atoms with Crippen LogP contribution < -0.4 is 24.2 Å². The maximum absolute atomic E-state index is 13.8. The molecule has 2 atom stereocenters. The Bertz CT molecular complexity index is 1440. The van der Waals surface area contributed by atoms with Gasteiger partial charge >= 0.3 is 0 Å². The van der Waals surface area contributed by atoms with Crippen LogP contribution in [0.1, 0.15) is 49.5 Å². The largest absolute Gasteiger partial charge is 0.487 e. The standard InChI is InChI=1S/C29H37N3O6S2/c1-18(2)10-21-12-24(13-27-28(21)37-17-36-27)40(33,34)32-25(26-15-38-29(4,5)31-26)11-20-6-8-23(9-7-20)35-14-22-16-39-19(3)30-22/h6-9,12-13,16,18,25-26,31-32H,10-11,14-15,17H2,1-5H3/t25?,26-/m1/s1. The van der Waals surface area contributed by atoms with Gasteiger partial charge in [0.15, 0.2) is 11.5 Å². The second-order valence-electron chi connectivity index (χ2n) is 11.2. The number of hydrogen-bond acceptors (Lipinski definition) is 9. The van der Waals surface area contributed by atoms with Crippen molar-refractivity contribution in [2.24, 2.45) is 5.92 Å². The van der Waals surface area contributed by atoms with Gasteiger partial charge < -0.3 is 18.9 Å². The second kappa shape index (κ2) is 11.7. The van der Waals surface area contributed by atoms with Crippen LogP contribution in [0, 0.1) is 12.8 Å². The Hall–Kier alpha value is -2.70. The highest BCUT2D eigenvalue weighted by atomic mass is 32.2. The number of nitrogens with zero attached hydrogens (tertiary/aromatic N) is 1. The van der Waals surface area contributed by atoms with Gasteiger partial charge in [-0.2, -0.15) is 0 Å². The zero-order valence-electron chi connectivity index (χ0n) is 23.5. The number of thiazole rings is 1. The van der Waals surface area contributed by atoms with Crippen LogP contribution in [0.5, 0.6) is 17.2 Å². The van der Waals surface area contributed by atoms with Crippen molar-refractivity contribution in [3.63, 3.8) is 0 Å². The number of aryl methyl sites for hydroxylation is 1. The summed E-state index contributed by atoms with van der Waals surface area (Å²) in [5.41, 5.74) is 2.15. The Morgan fingerprint density at radius 1 is 1.18 bits per heavy atom. The van der Waals surface area contributed by atoms with E-state index in [1.54, 1.807) is 23.5 Å². The van der Waals surface area contributed by atoms with Crippen molar-refractivity contribution in [3.8, 4) is 17.2 Å². The number of ether oxygens (including phenoxy) is 4. The molecule has 2 aliphatic rings. The summed E-state index contributed by atoms with van der Waals surface area (Å²) < 4.78 is 53.5. The van der Waals surface area contributed by atoms with Gasteiger partial charge in [-0.15, -0.1) is 11.3 Å². The molecule has 0 spiro atoms. The molecule has 2 N–H and O–H groups in total. The van der Waals surface area contributed by atoms with E-state index in [1.165, 1.54) is 0 Å². The zero-order chi connectivity index (χ0) is 28.5. The Labute approximate surface area is 240 Å². The van der Waals surface area contributed by atoms with Crippen LogP contribution in [0.15, 0.2) is 46.7 Å². The molecule has 2 aromatic carbocycles. The summed E-state index contributed by atoms with van der Waals surface area (Å²) >= 11 is 1.60. The van der Waals surface area contributed by atoms with Crippen molar-refractivity contribution >= 4 is 21.4 Å². The average molecular weight is 588 g/mol. The van der Waals surface area contributed by atoms with Gasteiger partial charge in [-0.3, -0.25) is 5.32 Å². The van der Waals surface area contributed by atoms with Crippen molar-refractivity contribution in [1.29, 1.82) is 0 Å². The lowest BCUT2D eigenvalue weighted by atomic mass is 10.0. The van der Waals surface area contributed by atoms with Gasteiger partial charge in [-0.25, -0.2) is 18.1 Å². The minimum atomic E-state index is -3.89. The molecule has 5 rings (SSSR count). The molecular weight excluding hydrogens is 550 g/mol.